The second-order valence-electron chi connectivity index (χ2n) is 5.99. The number of amides is 2. The summed E-state index contributed by atoms with van der Waals surface area (Å²) in [6.07, 6.45) is 1.51. The summed E-state index contributed by atoms with van der Waals surface area (Å²) in [6, 6.07) is 13.2. The largest absolute Gasteiger partial charge is 0.494 e. The molecule has 8 heteroatoms. The molecule has 0 radical (unpaired) electrons. The maximum absolute atomic E-state index is 12.5. The first-order valence-corrected chi connectivity index (χ1v) is 9.78. The average molecular weight is 495 g/mol. The van der Waals surface area contributed by atoms with E-state index in [1.807, 2.05) is 42.5 Å². The molecule has 2 aromatic rings. The van der Waals surface area contributed by atoms with E-state index in [0.717, 1.165) is 20.1 Å². The van der Waals surface area contributed by atoms with E-state index in [-0.39, 0.29) is 11.8 Å². The first kappa shape index (κ1) is 19.6. The molecule has 27 heavy (non-hydrogen) atoms. The van der Waals surface area contributed by atoms with Gasteiger partial charge in [-0.15, -0.1) is 0 Å². The second kappa shape index (κ2) is 8.67. The Balaban J connectivity index is 1.71. The first-order chi connectivity index (χ1) is 13.0. The van der Waals surface area contributed by atoms with Gasteiger partial charge < -0.3 is 10.1 Å². The number of carbonyl (C=O) groups is 2. The Labute approximate surface area is 173 Å². The molecule has 6 nitrogen and oxygen atoms in total. The van der Waals surface area contributed by atoms with E-state index >= 15 is 0 Å². The van der Waals surface area contributed by atoms with Gasteiger partial charge in [0.25, 0.3) is 5.91 Å². The molecule has 2 N–H and O–H groups in total. The predicted molar refractivity (Wildman–Crippen MR) is 110 cm³/mol. The summed E-state index contributed by atoms with van der Waals surface area (Å²) in [5, 5.41) is 6.76. The Morgan fingerprint density at radius 2 is 1.93 bits per heavy atom. The lowest BCUT2D eigenvalue weighted by atomic mass is 9.88. The van der Waals surface area contributed by atoms with Gasteiger partial charge in [-0.2, -0.15) is 5.10 Å². The molecule has 0 aliphatic carbocycles. The summed E-state index contributed by atoms with van der Waals surface area (Å²) >= 11 is 6.84. The Hall–Kier alpha value is -2.19. The van der Waals surface area contributed by atoms with Gasteiger partial charge in [0.15, 0.2) is 0 Å². The maximum atomic E-state index is 12.5. The molecule has 2 amide bonds. The zero-order chi connectivity index (χ0) is 19.4. The lowest BCUT2D eigenvalue weighted by Gasteiger charge is -2.15. The number of carbonyl (C=O) groups excluding carboxylic acids is 2. The minimum absolute atomic E-state index is 0.210. The van der Waals surface area contributed by atoms with Gasteiger partial charge in [-0.1, -0.05) is 30.3 Å². The Bertz CT molecular complexity index is 864. The highest BCUT2D eigenvalue weighted by Crippen LogP contribution is 2.34. The number of benzene rings is 2. The van der Waals surface area contributed by atoms with Crippen LogP contribution >= 0.6 is 31.9 Å². The number of rotatable bonds is 5. The number of halogens is 2. The van der Waals surface area contributed by atoms with E-state index in [9.17, 15) is 9.59 Å². The third-order valence-electron chi connectivity index (χ3n) is 4.30. The highest BCUT2D eigenvalue weighted by molar-refractivity contribution is 9.11. The predicted octanol–water partition coefficient (Wildman–Crippen LogP) is 3.20. The molecule has 1 aliphatic rings. The third-order valence-corrected chi connectivity index (χ3v) is 5.48. The van der Waals surface area contributed by atoms with E-state index in [1.54, 1.807) is 7.11 Å². The van der Waals surface area contributed by atoms with Crippen molar-refractivity contribution < 1.29 is 14.3 Å². The number of methoxy groups -OCH3 is 1. The van der Waals surface area contributed by atoms with Crippen molar-refractivity contribution >= 4 is 49.9 Å². The molecular formula is C19H17Br2N3O3. The quantitative estimate of drug-likeness (QED) is 0.380. The number of nitrogens with zero attached hydrogens (tertiary/aromatic N) is 1. The molecular weight excluding hydrogens is 478 g/mol. The summed E-state index contributed by atoms with van der Waals surface area (Å²) in [7, 11) is 1.58. The van der Waals surface area contributed by atoms with Gasteiger partial charge >= 0.3 is 0 Å². The SMILES string of the molecule is COc1c(Br)cc(/C=N\NC(=O)C2C(=O)NCC2c2ccccc2)cc1Br. The van der Waals surface area contributed by atoms with Crippen LogP contribution in [0.3, 0.4) is 0 Å². The molecule has 140 valence electrons. The summed E-state index contributed by atoms with van der Waals surface area (Å²) in [5.41, 5.74) is 4.18. The van der Waals surface area contributed by atoms with E-state index in [0.29, 0.717) is 12.3 Å². The van der Waals surface area contributed by atoms with Gasteiger partial charge in [-0.05, 0) is 55.1 Å². The third kappa shape index (κ3) is 4.39. The number of nitrogens with one attached hydrogen (secondary N) is 2. The fraction of sp³-hybridized carbons (Fsp3) is 0.211. The fourth-order valence-corrected chi connectivity index (χ4v) is 4.57. The zero-order valence-corrected chi connectivity index (χ0v) is 17.6. The standard InChI is InChI=1S/C19H17Br2N3O3/c1-27-17-14(20)7-11(8-15(17)21)9-23-24-19(26)16-13(10-22-18(16)25)12-5-3-2-4-6-12/h2-9,13,16H,10H2,1H3,(H,22,25)(H,24,26)/b23-9-. The molecule has 3 rings (SSSR count). The molecule has 2 unspecified atom stereocenters. The topological polar surface area (TPSA) is 79.8 Å². The lowest BCUT2D eigenvalue weighted by molar-refractivity contribution is -0.133. The molecule has 0 spiro atoms. The van der Waals surface area contributed by atoms with E-state index < -0.39 is 11.8 Å². The van der Waals surface area contributed by atoms with Crippen molar-refractivity contribution in [2.75, 3.05) is 13.7 Å². The van der Waals surface area contributed by atoms with Crippen LogP contribution in [0.4, 0.5) is 0 Å². The smallest absolute Gasteiger partial charge is 0.253 e. The van der Waals surface area contributed by atoms with Crippen molar-refractivity contribution in [1.82, 2.24) is 10.7 Å². The van der Waals surface area contributed by atoms with Gasteiger partial charge in [0.05, 0.1) is 22.3 Å². The molecule has 2 atom stereocenters. The monoisotopic (exact) mass is 493 g/mol. The van der Waals surface area contributed by atoms with Crippen LogP contribution in [0.1, 0.15) is 17.0 Å². The number of hydrogen-bond acceptors (Lipinski definition) is 4. The number of hydrogen-bond donors (Lipinski definition) is 2. The molecule has 1 aliphatic heterocycles. The molecule has 0 saturated carbocycles. The number of ether oxygens (including phenoxy) is 1. The summed E-state index contributed by atoms with van der Waals surface area (Å²) in [6.45, 7) is 0.434. The van der Waals surface area contributed by atoms with Gasteiger partial charge in [0.1, 0.15) is 11.7 Å². The van der Waals surface area contributed by atoms with E-state index in [2.05, 4.69) is 47.7 Å². The van der Waals surface area contributed by atoms with Crippen LogP contribution in [0, 0.1) is 5.92 Å². The molecule has 0 aromatic heterocycles. The second-order valence-corrected chi connectivity index (χ2v) is 7.70. The molecule has 1 saturated heterocycles. The normalized spacial score (nSPS) is 19.1. The van der Waals surface area contributed by atoms with Crippen LogP contribution in [0.25, 0.3) is 0 Å². The van der Waals surface area contributed by atoms with Gasteiger partial charge in [-0.3, -0.25) is 9.59 Å². The maximum Gasteiger partial charge on any atom is 0.253 e. The van der Waals surface area contributed by atoms with Crippen LogP contribution in [0.2, 0.25) is 0 Å². The highest BCUT2D eigenvalue weighted by Gasteiger charge is 2.40. The molecule has 1 fully saturated rings. The van der Waals surface area contributed by atoms with Gasteiger partial charge in [0, 0.05) is 12.5 Å². The van der Waals surface area contributed by atoms with Crippen molar-refractivity contribution in [2.45, 2.75) is 5.92 Å². The Morgan fingerprint density at radius 3 is 2.56 bits per heavy atom. The first-order valence-electron chi connectivity index (χ1n) is 8.20. The van der Waals surface area contributed by atoms with Crippen molar-refractivity contribution in [3.8, 4) is 5.75 Å². The lowest BCUT2D eigenvalue weighted by Crippen LogP contribution is -2.34. The van der Waals surface area contributed by atoms with Crippen LogP contribution in [-0.4, -0.2) is 31.7 Å². The van der Waals surface area contributed by atoms with Crippen molar-refractivity contribution in [3.05, 3.63) is 62.5 Å². The fourth-order valence-electron chi connectivity index (χ4n) is 3.02. The Kier molecular flexibility index (Phi) is 6.28. The van der Waals surface area contributed by atoms with E-state index in [1.165, 1.54) is 6.21 Å². The minimum Gasteiger partial charge on any atom is -0.494 e. The zero-order valence-electron chi connectivity index (χ0n) is 14.4. The van der Waals surface area contributed by atoms with Gasteiger partial charge in [-0.25, -0.2) is 5.43 Å². The Morgan fingerprint density at radius 1 is 1.26 bits per heavy atom. The molecule has 0 bridgehead atoms. The van der Waals surface area contributed by atoms with E-state index in [4.69, 9.17) is 4.74 Å². The van der Waals surface area contributed by atoms with Crippen LogP contribution in [0.5, 0.6) is 5.75 Å². The van der Waals surface area contributed by atoms with Crippen LogP contribution < -0.4 is 15.5 Å². The van der Waals surface area contributed by atoms with Crippen molar-refractivity contribution in [1.29, 1.82) is 0 Å². The van der Waals surface area contributed by atoms with Crippen LogP contribution in [0.15, 0.2) is 56.5 Å². The highest BCUT2D eigenvalue weighted by atomic mass is 79.9. The number of hydrazone groups is 1. The summed E-state index contributed by atoms with van der Waals surface area (Å²) < 4.78 is 6.77. The molecule has 1 heterocycles. The summed E-state index contributed by atoms with van der Waals surface area (Å²) in [4.78, 5) is 24.7. The van der Waals surface area contributed by atoms with Crippen molar-refractivity contribution in [3.63, 3.8) is 0 Å². The molecule has 2 aromatic carbocycles. The van der Waals surface area contributed by atoms with Gasteiger partial charge in [0.2, 0.25) is 5.91 Å². The minimum atomic E-state index is -0.807. The summed E-state index contributed by atoms with van der Waals surface area (Å²) in [5.74, 6) is -1.06. The van der Waals surface area contributed by atoms with Crippen molar-refractivity contribution in [2.24, 2.45) is 11.0 Å². The average Bonchev–Trinajstić information content (AvgIpc) is 3.04. The van der Waals surface area contributed by atoms with Crippen LogP contribution in [-0.2, 0) is 9.59 Å².